The quantitative estimate of drug-likeness (QED) is 0.680. The van der Waals surface area contributed by atoms with Gasteiger partial charge in [-0.15, -0.1) is 0 Å². The molecular formula is C12H22N2O4S. The van der Waals surface area contributed by atoms with Gasteiger partial charge in [-0.05, 0) is 44.4 Å². The van der Waals surface area contributed by atoms with Gasteiger partial charge in [-0.25, -0.2) is 0 Å². The second-order valence-corrected chi connectivity index (χ2v) is 7.18. The molecule has 0 spiro atoms. The van der Waals surface area contributed by atoms with E-state index in [0.29, 0.717) is 18.8 Å². The van der Waals surface area contributed by atoms with Crippen LogP contribution in [0.25, 0.3) is 0 Å². The molecule has 6 nitrogen and oxygen atoms in total. The van der Waals surface area contributed by atoms with Crippen LogP contribution in [0, 0.1) is 5.92 Å². The van der Waals surface area contributed by atoms with Gasteiger partial charge in [0, 0.05) is 6.04 Å². The van der Waals surface area contributed by atoms with Gasteiger partial charge in [0.1, 0.15) is 5.54 Å². The highest BCUT2D eigenvalue weighted by molar-refractivity contribution is 7.87. The Labute approximate surface area is 114 Å². The molecule has 2 aliphatic carbocycles. The maximum Gasteiger partial charge on any atom is 0.324 e. The lowest BCUT2D eigenvalue weighted by Crippen LogP contribution is -2.59. The smallest absolute Gasteiger partial charge is 0.324 e. The second kappa shape index (κ2) is 5.38. The topological polar surface area (TPSA) is 95.5 Å². The van der Waals surface area contributed by atoms with Crippen LogP contribution in [0.4, 0.5) is 0 Å². The third-order valence-electron chi connectivity index (χ3n) is 4.17. The molecule has 0 radical (unpaired) electrons. The van der Waals surface area contributed by atoms with Crippen LogP contribution < -0.4 is 9.44 Å². The molecule has 2 aliphatic rings. The summed E-state index contributed by atoms with van der Waals surface area (Å²) in [6.07, 6.45) is 4.93. The number of rotatable bonds is 6. The minimum atomic E-state index is -3.73. The van der Waals surface area contributed by atoms with Gasteiger partial charge in [0.15, 0.2) is 0 Å². The molecule has 110 valence electrons. The average molecular weight is 290 g/mol. The molecule has 0 unspecified atom stereocenters. The van der Waals surface area contributed by atoms with Crippen molar-refractivity contribution in [3.63, 3.8) is 0 Å². The number of carboxylic acids is 1. The van der Waals surface area contributed by atoms with Crippen LogP contribution in [-0.4, -0.2) is 31.1 Å². The molecule has 0 aliphatic heterocycles. The summed E-state index contributed by atoms with van der Waals surface area (Å²) in [6.45, 7) is 2.08. The molecule has 0 amide bonds. The van der Waals surface area contributed by atoms with Crippen LogP contribution in [0.1, 0.15) is 51.9 Å². The Morgan fingerprint density at radius 2 is 1.84 bits per heavy atom. The summed E-state index contributed by atoms with van der Waals surface area (Å²) in [5.74, 6) is -0.559. The highest BCUT2D eigenvalue weighted by atomic mass is 32.2. The van der Waals surface area contributed by atoms with Gasteiger partial charge < -0.3 is 5.11 Å². The van der Waals surface area contributed by atoms with E-state index < -0.39 is 21.7 Å². The summed E-state index contributed by atoms with van der Waals surface area (Å²) in [6, 6.07) is -0.0182. The summed E-state index contributed by atoms with van der Waals surface area (Å²) >= 11 is 0. The van der Waals surface area contributed by atoms with Crippen LogP contribution in [0.2, 0.25) is 0 Å². The third-order valence-corrected chi connectivity index (χ3v) is 5.48. The van der Waals surface area contributed by atoms with E-state index in [4.69, 9.17) is 0 Å². The van der Waals surface area contributed by atoms with Crippen molar-refractivity contribution in [3.05, 3.63) is 0 Å². The van der Waals surface area contributed by atoms with Crippen molar-refractivity contribution in [2.24, 2.45) is 5.92 Å². The molecule has 2 saturated carbocycles. The summed E-state index contributed by atoms with van der Waals surface area (Å²) in [7, 11) is -3.73. The van der Waals surface area contributed by atoms with Gasteiger partial charge in [-0.3, -0.25) is 4.79 Å². The molecule has 0 aromatic carbocycles. The molecule has 0 atom stereocenters. The van der Waals surface area contributed by atoms with E-state index in [2.05, 4.69) is 16.4 Å². The maximum absolute atomic E-state index is 11.9. The lowest BCUT2D eigenvalue weighted by Gasteiger charge is -2.36. The first-order chi connectivity index (χ1) is 8.87. The summed E-state index contributed by atoms with van der Waals surface area (Å²) in [5.41, 5.74) is -1.33. The van der Waals surface area contributed by atoms with Crippen molar-refractivity contribution in [1.29, 1.82) is 0 Å². The zero-order chi connectivity index (χ0) is 14.1. The number of carboxylic acid groups (broad SMARTS) is 1. The van der Waals surface area contributed by atoms with Gasteiger partial charge in [0.05, 0.1) is 0 Å². The first-order valence-corrected chi connectivity index (χ1v) is 8.40. The Kier molecular flexibility index (Phi) is 4.17. The summed E-state index contributed by atoms with van der Waals surface area (Å²) < 4.78 is 28.7. The lowest BCUT2D eigenvalue weighted by atomic mass is 9.76. The van der Waals surface area contributed by atoms with E-state index in [1.165, 1.54) is 0 Å². The standard InChI is InChI=1S/C12H22N2O4S/c1-2-9-5-7-12(8-6-9,11(15)16)14-19(17,18)13-10-3-4-10/h9-10,13-14H,2-8H2,1H3,(H,15,16). The van der Waals surface area contributed by atoms with E-state index in [0.717, 1.165) is 32.1 Å². The fourth-order valence-electron chi connectivity index (χ4n) is 2.65. The van der Waals surface area contributed by atoms with Crippen molar-refractivity contribution in [3.8, 4) is 0 Å². The van der Waals surface area contributed by atoms with Gasteiger partial charge in [0.25, 0.3) is 10.2 Å². The van der Waals surface area contributed by atoms with E-state index in [1.807, 2.05) is 0 Å². The first kappa shape index (κ1) is 14.7. The molecule has 0 heterocycles. The Bertz CT molecular complexity index is 437. The van der Waals surface area contributed by atoms with Crippen LogP contribution in [0.5, 0.6) is 0 Å². The van der Waals surface area contributed by atoms with Crippen molar-refractivity contribution in [2.45, 2.75) is 63.5 Å². The van der Waals surface area contributed by atoms with Crippen LogP contribution in [-0.2, 0) is 15.0 Å². The molecule has 2 rings (SSSR count). The molecule has 0 aromatic heterocycles. The van der Waals surface area contributed by atoms with Gasteiger partial charge in [-0.2, -0.15) is 17.9 Å². The third kappa shape index (κ3) is 3.67. The van der Waals surface area contributed by atoms with E-state index >= 15 is 0 Å². The number of nitrogens with one attached hydrogen (secondary N) is 2. The molecular weight excluding hydrogens is 268 g/mol. The van der Waals surface area contributed by atoms with Crippen molar-refractivity contribution in [2.75, 3.05) is 0 Å². The predicted octanol–water partition coefficient (Wildman–Crippen LogP) is 0.996. The summed E-state index contributed by atoms with van der Waals surface area (Å²) in [4.78, 5) is 11.5. The largest absolute Gasteiger partial charge is 0.480 e. The molecule has 3 N–H and O–H groups in total. The second-order valence-electron chi connectivity index (χ2n) is 5.74. The fourth-order valence-corrected chi connectivity index (χ4v) is 4.18. The first-order valence-electron chi connectivity index (χ1n) is 6.91. The van der Waals surface area contributed by atoms with Crippen LogP contribution >= 0.6 is 0 Å². The Hall–Kier alpha value is -0.660. The maximum atomic E-state index is 11.9. The monoisotopic (exact) mass is 290 g/mol. The minimum absolute atomic E-state index is 0.0182. The Balaban J connectivity index is 2.05. The number of aliphatic carboxylic acids is 1. The van der Waals surface area contributed by atoms with Gasteiger partial charge in [-0.1, -0.05) is 13.3 Å². The molecule has 0 aromatic rings. The fraction of sp³-hybridized carbons (Fsp3) is 0.917. The number of carbonyl (C=O) groups is 1. The normalized spacial score (nSPS) is 32.2. The SMILES string of the molecule is CCC1CCC(NS(=O)(=O)NC2CC2)(C(=O)O)CC1. The van der Waals surface area contributed by atoms with Gasteiger partial charge in [0.2, 0.25) is 0 Å². The Morgan fingerprint density at radius 3 is 2.26 bits per heavy atom. The zero-order valence-electron chi connectivity index (χ0n) is 11.2. The van der Waals surface area contributed by atoms with E-state index in [1.54, 1.807) is 0 Å². The van der Waals surface area contributed by atoms with Crippen molar-refractivity contribution in [1.82, 2.24) is 9.44 Å². The van der Waals surface area contributed by atoms with Gasteiger partial charge >= 0.3 is 5.97 Å². The summed E-state index contributed by atoms with van der Waals surface area (Å²) in [5, 5.41) is 9.41. The average Bonchev–Trinajstić information content (AvgIpc) is 3.12. The highest BCUT2D eigenvalue weighted by Gasteiger charge is 2.45. The lowest BCUT2D eigenvalue weighted by molar-refractivity contribution is -0.145. The Morgan fingerprint density at radius 1 is 1.26 bits per heavy atom. The molecule has 7 heteroatoms. The molecule has 0 bridgehead atoms. The molecule has 2 fully saturated rings. The van der Waals surface area contributed by atoms with Crippen LogP contribution in [0.3, 0.4) is 0 Å². The van der Waals surface area contributed by atoms with E-state index in [-0.39, 0.29) is 6.04 Å². The molecule has 19 heavy (non-hydrogen) atoms. The predicted molar refractivity (Wildman–Crippen MR) is 70.8 cm³/mol. The highest BCUT2D eigenvalue weighted by Crippen LogP contribution is 2.34. The molecule has 0 saturated heterocycles. The zero-order valence-corrected chi connectivity index (χ0v) is 12.0. The minimum Gasteiger partial charge on any atom is -0.480 e. The number of hydrogen-bond acceptors (Lipinski definition) is 3. The van der Waals surface area contributed by atoms with Crippen molar-refractivity contribution >= 4 is 16.2 Å². The van der Waals surface area contributed by atoms with E-state index in [9.17, 15) is 18.3 Å². The van der Waals surface area contributed by atoms with Crippen LogP contribution in [0.15, 0.2) is 0 Å². The number of hydrogen-bond donors (Lipinski definition) is 3. The van der Waals surface area contributed by atoms with Crippen molar-refractivity contribution < 1.29 is 18.3 Å².